The summed E-state index contributed by atoms with van der Waals surface area (Å²) in [4.78, 5) is 13.5. The number of hydrogen-bond acceptors (Lipinski definition) is 4. The number of benzene rings is 2. The van der Waals surface area contributed by atoms with Gasteiger partial charge in [-0.3, -0.25) is 4.79 Å². The van der Waals surface area contributed by atoms with Gasteiger partial charge in [0.1, 0.15) is 0 Å². The summed E-state index contributed by atoms with van der Waals surface area (Å²) in [6, 6.07) is 19.2. The molecule has 0 saturated heterocycles. The zero-order valence-corrected chi connectivity index (χ0v) is 14.5. The molecule has 0 aliphatic rings. The minimum atomic E-state index is -0.665. The maximum atomic E-state index is 12.6. The molecule has 2 atom stereocenters. The number of anilines is 1. The molecule has 24 heavy (non-hydrogen) atoms. The molecule has 0 spiro atoms. The number of thioether (sulfide) groups is 1. The fraction of sp³-hybridized carbons (Fsp3) is 0.263. The van der Waals surface area contributed by atoms with Crippen LogP contribution in [0, 0.1) is 17.2 Å². The smallest absolute Gasteiger partial charge is 0.258 e. The molecule has 0 radical (unpaired) electrons. The molecule has 2 rings (SSSR count). The van der Waals surface area contributed by atoms with E-state index in [1.807, 2.05) is 61.5 Å². The number of nitrogens with one attached hydrogen (secondary N) is 1. The van der Waals surface area contributed by atoms with Crippen LogP contribution in [-0.4, -0.2) is 18.8 Å². The van der Waals surface area contributed by atoms with Crippen molar-refractivity contribution in [2.45, 2.75) is 17.9 Å². The van der Waals surface area contributed by atoms with Crippen molar-refractivity contribution in [2.24, 2.45) is 5.92 Å². The molecule has 2 aromatic carbocycles. The van der Waals surface area contributed by atoms with Gasteiger partial charge in [0.15, 0.2) is 6.10 Å². The Morgan fingerprint density at radius 2 is 1.88 bits per heavy atom. The van der Waals surface area contributed by atoms with E-state index in [2.05, 4.69) is 11.4 Å². The van der Waals surface area contributed by atoms with E-state index in [-0.39, 0.29) is 11.8 Å². The zero-order valence-electron chi connectivity index (χ0n) is 13.7. The van der Waals surface area contributed by atoms with E-state index in [9.17, 15) is 4.79 Å². The van der Waals surface area contributed by atoms with Crippen LogP contribution in [0.5, 0.6) is 0 Å². The summed E-state index contributed by atoms with van der Waals surface area (Å²) in [5, 5.41) is 11.8. The first-order chi connectivity index (χ1) is 11.7. The Labute approximate surface area is 146 Å². The summed E-state index contributed by atoms with van der Waals surface area (Å²) in [6.07, 6.45) is -0.665. The van der Waals surface area contributed by atoms with Crippen molar-refractivity contribution >= 4 is 23.4 Å². The molecule has 2 aromatic rings. The third-order valence-corrected chi connectivity index (χ3v) is 4.76. The molecule has 4 nitrogen and oxygen atoms in total. The predicted octanol–water partition coefficient (Wildman–Crippen LogP) is 4.26. The van der Waals surface area contributed by atoms with Crippen molar-refractivity contribution < 1.29 is 9.53 Å². The Kier molecular flexibility index (Phi) is 6.86. The molecular weight excluding hydrogens is 320 g/mol. The number of carbonyl (C=O) groups is 1. The summed E-state index contributed by atoms with van der Waals surface area (Å²) < 4.78 is 5.36. The van der Waals surface area contributed by atoms with Gasteiger partial charge in [0, 0.05) is 17.8 Å². The Hall–Kier alpha value is -2.29. The van der Waals surface area contributed by atoms with Gasteiger partial charge in [-0.15, -0.1) is 11.8 Å². The van der Waals surface area contributed by atoms with Crippen LogP contribution >= 0.6 is 11.8 Å². The number of para-hydroxylation sites is 1. The number of nitriles is 1. The van der Waals surface area contributed by atoms with Gasteiger partial charge < -0.3 is 10.1 Å². The fourth-order valence-electron chi connectivity index (χ4n) is 2.17. The first-order valence-corrected chi connectivity index (χ1v) is 8.64. The third-order valence-electron chi connectivity index (χ3n) is 3.43. The lowest BCUT2D eigenvalue weighted by atomic mass is 10.1. The Morgan fingerprint density at radius 3 is 2.54 bits per heavy atom. The molecule has 0 bridgehead atoms. The summed E-state index contributed by atoms with van der Waals surface area (Å²) in [5.41, 5.74) is 1.54. The molecule has 1 amide bonds. The average molecular weight is 340 g/mol. The SMILES string of the molecule is COC(C(=O)Nc1ccccc1SCC(C)C#N)c1ccccc1. The fourth-order valence-corrected chi connectivity index (χ4v) is 3.12. The molecule has 5 heteroatoms. The van der Waals surface area contributed by atoms with Crippen molar-refractivity contribution in [2.75, 3.05) is 18.2 Å². The maximum absolute atomic E-state index is 12.6. The molecule has 0 aliphatic carbocycles. The van der Waals surface area contributed by atoms with Gasteiger partial charge in [0.25, 0.3) is 5.91 Å². The largest absolute Gasteiger partial charge is 0.367 e. The quantitative estimate of drug-likeness (QED) is 0.765. The van der Waals surface area contributed by atoms with Gasteiger partial charge in [-0.2, -0.15) is 5.26 Å². The van der Waals surface area contributed by atoms with E-state index in [1.165, 1.54) is 7.11 Å². The van der Waals surface area contributed by atoms with Crippen LogP contribution in [0.3, 0.4) is 0 Å². The second-order valence-electron chi connectivity index (χ2n) is 5.35. The number of amides is 1. The van der Waals surface area contributed by atoms with E-state index >= 15 is 0 Å². The molecular formula is C19H20N2O2S. The highest BCUT2D eigenvalue weighted by molar-refractivity contribution is 7.99. The van der Waals surface area contributed by atoms with Crippen LogP contribution in [0.15, 0.2) is 59.5 Å². The Bertz CT molecular complexity index is 713. The van der Waals surface area contributed by atoms with E-state index < -0.39 is 6.10 Å². The lowest BCUT2D eigenvalue weighted by Gasteiger charge is -2.17. The van der Waals surface area contributed by atoms with Crippen LogP contribution in [0.1, 0.15) is 18.6 Å². The highest BCUT2D eigenvalue weighted by Gasteiger charge is 2.20. The first kappa shape index (κ1) is 18.1. The Morgan fingerprint density at radius 1 is 1.21 bits per heavy atom. The number of carbonyl (C=O) groups excluding carboxylic acids is 1. The maximum Gasteiger partial charge on any atom is 0.258 e. The highest BCUT2D eigenvalue weighted by atomic mass is 32.2. The molecule has 0 aromatic heterocycles. The van der Waals surface area contributed by atoms with Gasteiger partial charge >= 0.3 is 0 Å². The van der Waals surface area contributed by atoms with Crippen LogP contribution in [0.4, 0.5) is 5.69 Å². The van der Waals surface area contributed by atoms with Crippen molar-refractivity contribution in [3.63, 3.8) is 0 Å². The summed E-state index contributed by atoms with van der Waals surface area (Å²) in [7, 11) is 1.52. The normalized spacial score (nSPS) is 12.9. The summed E-state index contributed by atoms with van der Waals surface area (Å²) >= 11 is 1.56. The minimum Gasteiger partial charge on any atom is -0.367 e. The van der Waals surface area contributed by atoms with Crippen molar-refractivity contribution in [3.8, 4) is 6.07 Å². The number of ether oxygens (including phenoxy) is 1. The molecule has 1 N–H and O–H groups in total. The molecule has 0 fully saturated rings. The standard InChI is InChI=1S/C19H20N2O2S/c1-14(12-20)13-24-17-11-7-6-10-16(17)21-19(22)18(23-2)15-8-4-3-5-9-15/h3-11,14,18H,13H2,1-2H3,(H,21,22). The number of rotatable bonds is 7. The number of hydrogen-bond donors (Lipinski definition) is 1. The van der Waals surface area contributed by atoms with Gasteiger partial charge in [0.2, 0.25) is 0 Å². The summed E-state index contributed by atoms with van der Waals surface area (Å²) in [5.74, 6) is 0.412. The molecule has 0 saturated carbocycles. The van der Waals surface area contributed by atoms with Crippen LogP contribution in [0.25, 0.3) is 0 Å². The van der Waals surface area contributed by atoms with Crippen molar-refractivity contribution in [1.82, 2.24) is 0 Å². The predicted molar refractivity (Wildman–Crippen MR) is 96.8 cm³/mol. The van der Waals surface area contributed by atoms with Crippen LogP contribution in [0.2, 0.25) is 0 Å². The van der Waals surface area contributed by atoms with Crippen LogP contribution in [-0.2, 0) is 9.53 Å². The van der Waals surface area contributed by atoms with E-state index in [4.69, 9.17) is 10.00 Å². The second-order valence-corrected chi connectivity index (χ2v) is 6.41. The van der Waals surface area contributed by atoms with E-state index in [0.29, 0.717) is 5.75 Å². The lowest BCUT2D eigenvalue weighted by Crippen LogP contribution is -2.22. The number of methoxy groups -OCH3 is 1. The Balaban J connectivity index is 2.12. The average Bonchev–Trinajstić information content (AvgIpc) is 2.62. The second kappa shape index (κ2) is 9.11. The van der Waals surface area contributed by atoms with E-state index in [1.54, 1.807) is 11.8 Å². The number of nitrogens with zero attached hydrogens (tertiary/aromatic N) is 1. The van der Waals surface area contributed by atoms with Crippen molar-refractivity contribution in [1.29, 1.82) is 5.26 Å². The first-order valence-electron chi connectivity index (χ1n) is 7.65. The molecule has 0 aliphatic heterocycles. The topological polar surface area (TPSA) is 62.1 Å². The van der Waals surface area contributed by atoms with Crippen LogP contribution < -0.4 is 5.32 Å². The lowest BCUT2D eigenvalue weighted by molar-refractivity contribution is -0.126. The summed E-state index contributed by atoms with van der Waals surface area (Å²) in [6.45, 7) is 1.88. The third kappa shape index (κ3) is 4.85. The minimum absolute atomic E-state index is 0.0465. The molecule has 124 valence electrons. The zero-order chi connectivity index (χ0) is 17.4. The molecule has 2 unspecified atom stereocenters. The van der Waals surface area contributed by atoms with E-state index in [0.717, 1.165) is 16.1 Å². The highest BCUT2D eigenvalue weighted by Crippen LogP contribution is 2.29. The van der Waals surface area contributed by atoms with Crippen molar-refractivity contribution in [3.05, 3.63) is 60.2 Å². The molecule has 0 heterocycles. The van der Waals surface area contributed by atoms with Gasteiger partial charge in [-0.05, 0) is 24.6 Å². The van der Waals surface area contributed by atoms with Gasteiger partial charge in [-0.1, -0.05) is 42.5 Å². The monoisotopic (exact) mass is 340 g/mol. The van der Waals surface area contributed by atoms with Gasteiger partial charge in [0.05, 0.1) is 17.7 Å². The van der Waals surface area contributed by atoms with Gasteiger partial charge in [-0.25, -0.2) is 0 Å².